The molecule has 0 saturated heterocycles. The van der Waals surface area contributed by atoms with E-state index < -0.39 is 35.4 Å². The van der Waals surface area contributed by atoms with Crippen LogP contribution in [0.1, 0.15) is 56.8 Å². The molecule has 4 aromatic rings. The largest absolute Gasteiger partial charge is 0.480 e. The second kappa shape index (κ2) is 19.5. The zero-order chi connectivity index (χ0) is 37.6. The van der Waals surface area contributed by atoms with E-state index in [1.807, 2.05) is 56.3 Å². The lowest BCUT2D eigenvalue weighted by Crippen LogP contribution is -2.63. The van der Waals surface area contributed by atoms with Gasteiger partial charge in [0, 0.05) is 32.9 Å². The van der Waals surface area contributed by atoms with Crippen molar-refractivity contribution in [2.45, 2.75) is 52.1 Å². The number of carbonyl (C=O) groups is 5. The van der Waals surface area contributed by atoms with Crippen molar-refractivity contribution >= 4 is 61.6 Å². The first kappa shape index (κ1) is 40.6. The molecule has 12 heteroatoms. The SMILES string of the molecule is CCOC(=O)C(Cc1cccc(Br)c1)(NC(=O)c1ccc(C)cc1)C(=O)OCC.Cc1ccc(C(=O)NC(Cc2cccc(Br)c2)C(=O)O)cc1. The van der Waals surface area contributed by atoms with Gasteiger partial charge in [-0.2, -0.15) is 0 Å². The van der Waals surface area contributed by atoms with Gasteiger partial charge in [0.2, 0.25) is 5.54 Å². The third-order valence-electron chi connectivity index (χ3n) is 7.49. The summed E-state index contributed by atoms with van der Waals surface area (Å²) in [5.41, 5.74) is 2.29. The summed E-state index contributed by atoms with van der Waals surface area (Å²) in [5.74, 6) is -3.73. The van der Waals surface area contributed by atoms with Gasteiger partial charge in [0.25, 0.3) is 11.8 Å². The van der Waals surface area contributed by atoms with Gasteiger partial charge in [-0.25, -0.2) is 14.4 Å². The minimum absolute atomic E-state index is 0.0544. The van der Waals surface area contributed by atoms with Crippen molar-refractivity contribution in [3.63, 3.8) is 0 Å². The minimum atomic E-state index is -2.01. The number of rotatable bonds is 13. The Balaban J connectivity index is 0.000000286. The number of ether oxygens (including phenoxy) is 2. The van der Waals surface area contributed by atoms with Crippen molar-refractivity contribution < 1.29 is 38.6 Å². The third kappa shape index (κ3) is 12.2. The van der Waals surface area contributed by atoms with Crippen molar-refractivity contribution in [3.05, 3.63) is 139 Å². The lowest BCUT2D eigenvalue weighted by Gasteiger charge is -2.30. The number of aliphatic carboxylic acids is 1. The van der Waals surface area contributed by atoms with Crippen molar-refractivity contribution in [1.29, 1.82) is 0 Å². The average Bonchev–Trinajstić information content (AvgIpc) is 3.08. The first-order valence-corrected chi connectivity index (χ1v) is 17.7. The fourth-order valence-electron chi connectivity index (χ4n) is 4.85. The smallest absolute Gasteiger partial charge is 0.344 e. The Kier molecular flexibility index (Phi) is 15.6. The van der Waals surface area contributed by atoms with Crippen LogP contribution in [-0.4, -0.2) is 59.6 Å². The van der Waals surface area contributed by atoms with Gasteiger partial charge in [-0.05, 0) is 87.4 Å². The van der Waals surface area contributed by atoms with Crippen LogP contribution in [0, 0.1) is 13.8 Å². The Morgan fingerprint density at radius 3 is 1.59 bits per heavy atom. The number of amides is 2. The Hall–Kier alpha value is -4.81. The molecule has 1 atom stereocenters. The van der Waals surface area contributed by atoms with Crippen molar-refractivity contribution in [2.75, 3.05) is 13.2 Å². The Labute approximate surface area is 314 Å². The molecule has 0 aliphatic rings. The van der Waals surface area contributed by atoms with E-state index in [2.05, 4.69) is 42.5 Å². The standard InChI is InChI=1S/C22H24BrNO5.C17H16BrNO3/c1-4-28-20(26)22(21(27)29-5-2,14-16-7-6-8-18(23)13-16)24-19(25)17-11-9-15(3)10-12-17;1-11-5-7-13(8-6-11)16(20)19-15(17(21)22)10-12-3-2-4-14(18)9-12/h6-13H,4-5,14H2,1-3H3,(H,24,25);2-9,15H,10H2,1H3,(H,19,20)(H,21,22). The molecule has 0 aliphatic carbocycles. The summed E-state index contributed by atoms with van der Waals surface area (Å²) >= 11 is 6.73. The van der Waals surface area contributed by atoms with Crippen LogP contribution < -0.4 is 10.6 Å². The van der Waals surface area contributed by atoms with Gasteiger partial charge < -0.3 is 25.2 Å². The summed E-state index contributed by atoms with van der Waals surface area (Å²) in [6.07, 6.45) is 0.119. The number of halogens is 2. The van der Waals surface area contributed by atoms with Gasteiger partial charge in [-0.3, -0.25) is 9.59 Å². The number of benzene rings is 4. The second-order valence-electron chi connectivity index (χ2n) is 11.5. The summed E-state index contributed by atoms with van der Waals surface area (Å²) in [6, 6.07) is 27.4. The molecule has 0 heterocycles. The van der Waals surface area contributed by atoms with E-state index in [9.17, 15) is 29.1 Å². The van der Waals surface area contributed by atoms with Gasteiger partial charge in [-0.15, -0.1) is 0 Å². The third-order valence-corrected chi connectivity index (χ3v) is 8.48. The fourth-order valence-corrected chi connectivity index (χ4v) is 5.75. The highest BCUT2D eigenvalue weighted by Gasteiger charge is 2.50. The molecular formula is C39H40Br2N2O8. The highest BCUT2D eigenvalue weighted by molar-refractivity contribution is 9.10. The predicted molar refractivity (Wildman–Crippen MR) is 200 cm³/mol. The molecule has 0 aromatic heterocycles. The van der Waals surface area contributed by atoms with Gasteiger partial charge in [0.15, 0.2) is 0 Å². The number of esters is 2. The summed E-state index contributed by atoms with van der Waals surface area (Å²) in [4.78, 5) is 62.3. The van der Waals surface area contributed by atoms with E-state index in [1.54, 1.807) is 68.4 Å². The monoisotopic (exact) mass is 822 g/mol. The first-order valence-electron chi connectivity index (χ1n) is 16.1. The Bertz CT molecular complexity index is 1810. The van der Waals surface area contributed by atoms with Crippen molar-refractivity contribution in [2.24, 2.45) is 0 Å². The number of hydrogen-bond donors (Lipinski definition) is 3. The molecule has 268 valence electrons. The van der Waals surface area contributed by atoms with Gasteiger partial charge in [0.1, 0.15) is 6.04 Å². The number of nitrogens with one attached hydrogen (secondary N) is 2. The van der Waals surface area contributed by atoms with Crippen LogP contribution in [0.5, 0.6) is 0 Å². The van der Waals surface area contributed by atoms with E-state index in [0.29, 0.717) is 16.7 Å². The topological polar surface area (TPSA) is 148 Å². The van der Waals surface area contributed by atoms with E-state index in [1.165, 1.54) is 0 Å². The quantitative estimate of drug-likeness (QED) is 0.0989. The molecule has 10 nitrogen and oxygen atoms in total. The minimum Gasteiger partial charge on any atom is -0.480 e. The lowest BCUT2D eigenvalue weighted by atomic mass is 9.90. The molecule has 0 radical (unpaired) electrons. The molecule has 4 rings (SSSR count). The molecule has 0 bridgehead atoms. The second-order valence-corrected chi connectivity index (χ2v) is 13.4. The number of aryl methyl sites for hydroxylation is 2. The number of carboxylic acid groups (broad SMARTS) is 1. The summed E-state index contributed by atoms with van der Waals surface area (Å²) < 4.78 is 12.0. The van der Waals surface area contributed by atoms with E-state index in [0.717, 1.165) is 25.6 Å². The van der Waals surface area contributed by atoms with Crippen molar-refractivity contribution in [1.82, 2.24) is 10.6 Å². The molecule has 0 aliphatic heterocycles. The van der Waals surface area contributed by atoms with Crippen LogP contribution in [0.25, 0.3) is 0 Å². The van der Waals surface area contributed by atoms with Crippen LogP contribution in [-0.2, 0) is 36.7 Å². The predicted octanol–water partition coefficient (Wildman–Crippen LogP) is 6.78. The summed E-state index contributed by atoms with van der Waals surface area (Å²) in [5, 5.41) is 14.5. The normalized spacial score (nSPS) is 11.3. The van der Waals surface area contributed by atoms with Crippen LogP contribution >= 0.6 is 31.9 Å². The maximum absolute atomic E-state index is 12.9. The maximum Gasteiger partial charge on any atom is 0.344 e. The van der Waals surface area contributed by atoms with E-state index in [-0.39, 0.29) is 32.0 Å². The number of carboxylic acids is 1. The Morgan fingerprint density at radius 1 is 0.686 bits per heavy atom. The fraction of sp³-hybridized carbons (Fsp3) is 0.256. The number of hydrogen-bond acceptors (Lipinski definition) is 7. The zero-order valence-corrected chi connectivity index (χ0v) is 31.9. The van der Waals surface area contributed by atoms with Crippen LogP contribution in [0.2, 0.25) is 0 Å². The molecule has 0 saturated carbocycles. The zero-order valence-electron chi connectivity index (χ0n) is 28.7. The average molecular weight is 825 g/mol. The highest BCUT2D eigenvalue weighted by atomic mass is 79.9. The van der Waals surface area contributed by atoms with Gasteiger partial charge in [-0.1, -0.05) is 91.5 Å². The maximum atomic E-state index is 12.9. The molecule has 2 amide bonds. The molecule has 0 fully saturated rings. The molecule has 4 aromatic carbocycles. The van der Waals surface area contributed by atoms with Crippen molar-refractivity contribution in [3.8, 4) is 0 Å². The first-order chi connectivity index (χ1) is 24.3. The van der Waals surface area contributed by atoms with E-state index in [4.69, 9.17) is 9.47 Å². The summed E-state index contributed by atoms with van der Waals surface area (Å²) in [7, 11) is 0. The summed E-state index contributed by atoms with van der Waals surface area (Å²) in [6.45, 7) is 7.20. The number of carbonyl (C=O) groups excluding carboxylic acids is 4. The molecule has 3 N–H and O–H groups in total. The molecule has 51 heavy (non-hydrogen) atoms. The molecule has 1 unspecified atom stereocenters. The Morgan fingerprint density at radius 2 is 1.14 bits per heavy atom. The molecule has 0 spiro atoms. The van der Waals surface area contributed by atoms with Crippen LogP contribution in [0.15, 0.2) is 106 Å². The van der Waals surface area contributed by atoms with Gasteiger partial charge in [0.05, 0.1) is 13.2 Å². The lowest BCUT2D eigenvalue weighted by molar-refractivity contribution is -0.165. The van der Waals surface area contributed by atoms with E-state index >= 15 is 0 Å². The van der Waals surface area contributed by atoms with Gasteiger partial charge >= 0.3 is 17.9 Å². The van der Waals surface area contributed by atoms with Crippen LogP contribution in [0.4, 0.5) is 0 Å². The molecular weight excluding hydrogens is 784 g/mol. The van der Waals surface area contributed by atoms with Crippen LogP contribution in [0.3, 0.4) is 0 Å². The highest BCUT2D eigenvalue weighted by Crippen LogP contribution is 2.22.